The average molecular weight is 332 g/mol. The van der Waals surface area contributed by atoms with Gasteiger partial charge in [0.15, 0.2) is 0 Å². The number of likely N-dealkylation sites (tertiary alicyclic amines) is 1. The Morgan fingerprint density at radius 3 is 2.79 bits per heavy atom. The maximum absolute atomic E-state index is 12.9. The number of primary amides is 1. The van der Waals surface area contributed by atoms with Crippen molar-refractivity contribution in [2.24, 2.45) is 17.1 Å². The van der Waals surface area contributed by atoms with Crippen LogP contribution in [0.3, 0.4) is 0 Å². The SMILES string of the molecule is NC(=O)[C@]12CCOC[C@H]1CN(C(=O)C/C=C/c1ccc(F)cc1)C2. The number of benzene rings is 1. The van der Waals surface area contributed by atoms with E-state index in [1.54, 1.807) is 29.2 Å². The van der Waals surface area contributed by atoms with E-state index in [2.05, 4.69) is 0 Å². The van der Waals surface area contributed by atoms with Crippen LogP contribution in [0.5, 0.6) is 0 Å². The van der Waals surface area contributed by atoms with Crippen molar-refractivity contribution >= 4 is 17.9 Å². The van der Waals surface area contributed by atoms with Crippen molar-refractivity contribution in [1.82, 2.24) is 4.90 Å². The van der Waals surface area contributed by atoms with E-state index < -0.39 is 5.41 Å². The first kappa shape index (κ1) is 16.6. The molecule has 2 aliphatic heterocycles. The zero-order chi connectivity index (χ0) is 17.2. The lowest BCUT2D eigenvalue weighted by Crippen LogP contribution is -2.48. The Hall–Kier alpha value is -2.21. The fourth-order valence-electron chi connectivity index (χ4n) is 3.54. The average Bonchev–Trinajstić information content (AvgIpc) is 2.98. The van der Waals surface area contributed by atoms with E-state index in [4.69, 9.17) is 10.5 Å². The highest BCUT2D eigenvalue weighted by molar-refractivity contribution is 5.85. The molecule has 5 nitrogen and oxygen atoms in total. The largest absolute Gasteiger partial charge is 0.381 e. The van der Waals surface area contributed by atoms with Crippen molar-refractivity contribution in [2.75, 3.05) is 26.3 Å². The molecule has 2 amide bonds. The molecule has 0 spiro atoms. The summed E-state index contributed by atoms with van der Waals surface area (Å²) in [5, 5.41) is 0. The second-order valence-corrected chi connectivity index (χ2v) is 6.47. The summed E-state index contributed by atoms with van der Waals surface area (Å²) < 4.78 is 18.3. The molecule has 0 saturated carbocycles. The van der Waals surface area contributed by atoms with Crippen LogP contribution in [0, 0.1) is 17.2 Å². The van der Waals surface area contributed by atoms with Gasteiger partial charge in [0, 0.05) is 32.0 Å². The summed E-state index contributed by atoms with van der Waals surface area (Å²) in [7, 11) is 0. The molecule has 0 radical (unpaired) electrons. The predicted octanol–water partition coefficient (Wildman–Crippen LogP) is 1.58. The first-order chi connectivity index (χ1) is 11.5. The number of halogens is 1. The molecule has 1 aromatic carbocycles. The Morgan fingerprint density at radius 1 is 1.38 bits per heavy atom. The topological polar surface area (TPSA) is 72.6 Å². The van der Waals surface area contributed by atoms with Gasteiger partial charge in [-0.1, -0.05) is 24.3 Å². The zero-order valence-electron chi connectivity index (χ0n) is 13.4. The van der Waals surface area contributed by atoms with Crippen molar-refractivity contribution in [2.45, 2.75) is 12.8 Å². The summed E-state index contributed by atoms with van der Waals surface area (Å²) in [6, 6.07) is 6.06. The smallest absolute Gasteiger partial charge is 0.226 e. The maximum atomic E-state index is 12.9. The summed E-state index contributed by atoms with van der Waals surface area (Å²) in [6.45, 7) is 1.86. The molecule has 3 rings (SSSR count). The summed E-state index contributed by atoms with van der Waals surface area (Å²) in [5.41, 5.74) is 5.81. The van der Waals surface area contributed by atoms with Gasteiger partial charge in [-0.2, -0.15) is 0 Å². The predicted molar refractivity (Wildman–Crippen MR) is 87.2 cm³/mol. The highest BCUT2D eigenvalue weighted by atomic mass is 19.1. The van der Waals surface area contributed by atoms with Crippen molar-refractivity contribution in [1.29, 1.82) is 0 Å². The molecule has 128 valence electrons. The molecule has 2 fully saturated rings. The van der Waals surface area contributed by atoms with Crippen LogP contribution in [-0.4, -0.2) is 43.0 Å². The molecule has 0 unspecified atom stereocenters. The number of amides is 2. The van der Waals surface area contributed by atoms with E-state index in [1.807, 2.05) is 0 Å². The normalized spacial score (nSPS) is 26.5. The summed E-state index contributed by atoms with van der Waals surface area (Å²) in [6.07, 6.45) is 4.35. The van der Waals surface area contributed by atoms with Gasteiger partial charge in [-0.3, -0.25) is 9.59 Å². The first-order valence-electron chi connectivity index (χ1n) is 8.09. The molecule has 6 heteroatoms. The van der Waals surface area contributed by atoms with Gasteiger partial charge in [0.1, 0.15) is 5.82 Å². The van der Waals surface area contributed by atoms with E-state index in [1.165, 1.54) is 12.1 Å². The molecular weight excluding hydrogens is 311 g/mol. The zero-order valence-corrected chi connectivity index (χ0v) is 13.4. The van der Waals surface area contributed by atoms with Crippen LogP contribution in [-0.2, 0) is 14.3 Å². The van der Waals surface area contributed by atoms with E-state index in [0.717, 1.165) is 5.56 Å². The van der Waals surface area contributed by atoms with Crippen LogP contribution in [0.25, 0.3) is 6.08 Å². The molecular formula is C18H21FN2O3. The fourth-order valence-corrected chi connectivity index (χ4v) is 3.54. The van der Waals surface area contributed by atoms with Crippen LogP contribution >= 0.6 is 0 Å². The highest BCUT2D eigenvalue weighted by Crippen LogP contribution is 2.42. The number of ether oxygens (including phenoxy) is 1. The van der Waals surface area contributed by atoms with Gasteiger partial charge < -0.3 is 15.4 Å². The summed E-state index contributed by atoms with van der Waals surface area (Å²) >= 11 is 0. The summed E-state index contributed by atoms with van der Waals surface area (Å²) in [4.78, 5) is 26.1. The molecule has 0 bridgehead atoms. The molecule has 2 N–H and O–H groups in total. The van der Waals surface area contributed by atoms with Crippen LogP contribution < -0.4 is 5.73 Å². The number of nitrogens with zero attached hydrogens (tertiary/aromatic N) is 1. The second-order valence-electron chi connectivity index (χ2n) is 6.47. The minimum atomic E-state index is -0.644. The van der Waals surface area contributed by atoms with E-state index in [-0.39, 0.29) is 30.0 Å². The molecule has 1 aromatic rings. The molecule has 2 heterocycles. The van der Waals surface area contributed by atoms with Gasteiger partial charge in [-0.15, -0.1) is 0 Å². The van der Waals surface area contributed by atoms with Crippen LogP contribution in [0.1, 0.15) is 18.4 Å². The van der Waals surface area contributed by atoms with Gasteiger partial charge >= 0.3 is 0 Å². The van der Waals surface area contributed by atoms with Crippen LogP contribution in [0.2, 0.25) is 0 Å². The number of fused-ring (bicyclic) bond motifs is 1. The van der Waals surface area contributed by atoms with Crippen LogP contribution in [0.4, 0.5) is 4.39 Å². The number of carbonyl (C=O) groups excluding carboxylic acids is 2. The Kier molecular flexibility index (Phi) is 4.66. The standard InChI is InChI=1S/C18H21FN2O3/c19-15-6-4-13(5-7-15)2-1-3-16(22)21-10-14-11-24-9-8-18(14,12-21)17(20)23/h1-2,4-7,14H,3,8-12H2,(H2,20,23)/b2-1+/t14-,18+/m1/s1. The minimum absolute atomic E-state index is 0.0196. The number of rotatable bonds is 4. The number of hydrogen-bond acceptors (Lipinski definition) is 3. The van der Waals surface area contributed by atoms with Gasteiger partial charge in [0.2, 0.25) is 11.8 Å². The van der Waals surface area contributed by atoms with Crippen molar-refractivity contribution in [3.8, 4) is 0 Å². The maximum Gasteiger partial charge on any atom is 0.226 e. The van der Waals surface area contributed by atoms with Gasteiger partial charge in [0.25, 0.3) is 0 Å². The Labute approximate surface area is 140 Å². The van der Waals surface area contributed by atoms with Gasteiger partial charge in [0.05, 0.1) is 12.0 Å². The lowest BCUT2D eigenvalue weighted by molar-refractivity contribution is -0.136. The van der Waals surface area contributed by atoms with Crippen molar-refractivity contribution in [3.63, 3.8) is 0 Å². The third kappa shape index (κ3) is 3.19. The molecule has 2 atom stereocenters. The van der Waals surface area contributed by atoms with Crippen molar-refractivity contribution < 1.29 is 18.7 Å². The van der Waals surface area contributed by atoms with Crippen molar-refractivity contribution in [3.05, 3.63) is 41.7 Å². The Balaban J connectivity index is 1.61. The molecule has 0 aromatic heterocycles. The molecule has 24 heavy (non-hydrogen) atoms. The third-order valence-electron chi connectivity index (χ3n) is 5.02. The van der Waals surface area contributed by atoms with Crippen LogP contribution in [0.15, 0.2) is 30.3 Å². The highest BCUT2D eigenvalue weighted by Gasteiger charge is 2.53. The molecule has 2 saturated heterocycles. The lowest BCUT2D eigenvalue weighted by Gasteiger charge is -2.34. The lowest BCUT2D eigenvalue weighted by atomic mass is 9.74. The second kappa shape index (κ2) is 6.73. The fraction of sp³-hybridized carbons (Fsp3) is 0.444. The summed E-state index contributed by atoms with van der Waals surface area (Å²) in [5.74, 6) is -0.688. The molecule has 2 aliphatic rings. The molecule has 0 aliphatic carbocycles. The number of carbonyl (C=O) groups is 2. The van der Waals surface area contributed by atoms with E-state index in [0.29, 0.717) is 32.7 Å². The van der Waals surface area contributed by atoms with E-state index in [9.17, 15) is 14.0 Å². The Bertz CT molecular complexity index is 659. The first-order valence-corrected chi connectivity index (χ1v) is 8.09. The van der Waals surface area contributed by atoms with Gasteiger partial charge in [-0.05, 0) is 24.1 Å². The van der Waals surface area contributed by atoms with Gasteiger partial charge in [-0.25, -0.2) is 4.39 Å². The quantitative estimate of drug-likeness (QED) is 0.910. The minimum Gasteiger partial charge on any atom is -0.381 e. The van der Waals surface area contributed by atoms with E-state index >= 15 is 0 Å². The number of hydrogen-bond donors (Lipinski definition) is 1. The number of nitrogens with two attached hydrogens (primary N) is 1. The Morgan fingerprint density at radius 2 is 2.12 bits per heavy atom. The monoisotopic (exact) mass is 332 g/mol. The third-order valence-corrected chi connectivity index (χ3v) is 5.02.